The second-order valence-corrected chi connectivity index (χ2v) is 5.87. The first-order valence-electron chi connectivity index (χ1n) is 8.28. The van der Waals surface area contributed by atoms with E-state index in [0.29, 0.717) is 30.3 Å². The van der Waals surface area contributed by atoms with Gasteiger partial charge in [-0.1, -0.05) is 39.3 Å². The van der Waals surface area contributed by atoms with Crippen LogP contribution in [-0.4, -0.2) is 29.3 Å². The van der Waals surface area contributed by atoms with Crippen LogP contribution >= 0.6 is 0 Å². The third-order valence-electron chi connectivity index (χ3n) is 3.36. The van der Waals surface area contributed by atoms with Crippen LogP contribution < -0.4 is 5.32 Å². The molecule has 5 nitrogen and oxygen atoms in total. The summed E-state index contributed by atoms with van der Waals surface area (Å²) in [5, 5.41) is 7.60. The molecule has 1 N–H and O–H groups in total. The van der Waals surface area contributed by atoms with Crippen LogP contribution in [0.1, 0.15) is 71.7 Å². The van der Waals surface area contributed by atoms with Gasteiger partial charge in [-0.2, -0.15) is 4.98 Å². The number of aromatic nitrogens is 2. The Morgan fingerprint density at radius 2 is 2.00 bits per heavy atom. The summed E-state index contributed by atoms with van der Waals surface area (Å²) in [6.07, 6.45) is 3.82. The summed E-state index contributed by atoms with van der Waals surface area (Å²) in [5.74, 6) is 2.04. The van der Waals surface area contributed by atoms with E-state index in [2.05, 4.69) is 43.2 Å². The quantitative estimate of drug-likeness (QED) is 0.677. The Hall–Kier alpha value is -0.940. The average molecular weight is 297 g/mol. The lowest BCUT2D eigenvalue weighted by molar-refractivity contribution is 0.0477. The van der Waals surface area contributed by atoms with Gasteiger partial charge in [-0.05, 0) is 32.2 Å². The molecule has 0 aliphatic carbocycles. The molecule has 0 spiro atoms. The number of likely N-dealkylation sites (N-methyl/N-ethyl adjacent to an activating group) is 1. The molecule has 0 radical (unpaired) electrons. The van der Waals surface area contributed by atoms with E-state index in [1.54, 1.807) is 0 Å². The van der Waals surface area contributed by atoms with Crippen molar-refractivity contribution in [2.24, 2.45) is 5.92 Å². The van der Waals surface area contributed by atoms with Gasteiger partial charge in [0.05, 0.1) is 0 Å². The van der Waals surface area contributed by atoms with Crippen molar-refractivity contribution in [1.82, 2.24) is 15.5 Å². The highest BCUT2D eigenvalue weighted by Gasteiger charge is 2.20. The molecule has 0 aliphatic rings. The SMILES string of the molecule is CCCC(OCC)c1noc(CC(CC(C)C)NCC)n1. The fourth-order valence-corrected chi connectivity index (χ4v) is 2.54. The zero-order chi connectivity index (χ0) is 15.7. The fourth-order valence-electron chi connectivity index (χ4n) is 2.54. The van der Waals surface area contributed by atoms with Crippen molar-refractivity contribution in [2.45, 2.75) is 72.4 Å². The summed E-state index contributed by atoms with van der Waals surface area (Å²) in [6.45, 7) is 12.3. The molecule has 122 valence electrons. The summed E-state index contributed by atoms with van der Waals surface area (Å²) in [5.41, 5.74) is 0. The number of nitrogens with zero attached hydrogens (tertiary/aromatic N) is 2. The molecule has 2 unspecified atom stereocenters. The van der Waals surface area contributed by atoms with Gasteiger partial charge >= 0.3 is 0 Å². The van der Waals surface area contributed by atoms with Crippen LogP contribution in [-0.2, 0) is 11.2 Å². The second-order valence-electron chi connectivity index (χ2n) is 5.87. The Kier molecular flexibility index (Phi) is 8.54. The molecule has 21 heavy (non-hydrogen) atoms. The minimum atomic E-state index is -0.0415. The summed E-state index contributed by atoms with van der Waals surface area (Å²) in [4.78, 5) is 4.53. The van der Waals surface area contributed by atoms with Crippen molar-refractivity contribution in [3.8, 4) is 0 Å². The van der Waals surface area contributed by atoms with Gasteiger partial charge in [0.1, 0.15) is 6.10 Å². The topological polar surface area (TPSA) is 60.2 Å². The predicted octanol–water partition coefficient (Wildman–Crippen LogP) is 3.51. The number of hydrogen-bond acceptors (Lipinski definition) is 5. The molecule has 1 aromatic rings. The Balaban J connectivity index is 2.67. The second kappa shape index (κ2) is 9.90. The van der Waals surface area contributed by atoms with Gasteiger partial charge in [0.2, 0.25) is 11.7 Å². The van der Waals surface area contributed by atoms with Gasteiger partial charge in [-0.25, -0.2) is 0 Å². The summed E-state index contributed by atoms with van der Waals surface area (Å²) in [7, 11) is 0. The molecule has 5 heteroatoms. The molecular formula is C16H31N3O2. The molecule has 0 amide bonds. The highest BCUT2D eigenvalue weighted by Crippen LogP contribution is 2.20. The zero-order valence-corrected chi connectivity index (χ0v) is 14.2. The number of ether oxygens (including phenoxy) is 1. The molecule has 2 atom stereocenters. The van der Waals surface area contributed by atoms with Gasteiger partial charge in [0, 0.05) is 19.1 Å². The lowest BCUT2D eigenvalue weighted by Crippen LogP contribution is -2.32. The van der Waals surface area contributed by atoms with Crippen LogP contribution in [0.25, 0.3) is 0 Å². The van der Waals surface area contributed by atoms with E-state index in [0.717, 1.165) is 32.2 Å². The summed E-state index contributed by atoms with van der Waals surface area (Å²) >= 11 is 0. The maximum atomic E-state index is 5.70. The van der Waals surface area contributed by atoms with E-state index in [-0.39, 0.29) is 6.10 Å². The number of hydrogen-bond donors (Lipinski definition) is 1. The Labute approximate surface area is 128 Å². The number of nitrogens with one attached hydrogen (secondary N) is 1. The van der Waals surface area contributed by atoms with E-state index in [9.17, 15) is 0 Å². The minimum absolute atomic E-state index is 0.0415. The molecule has 0 saturated carbocycles. The molecule has 1 heterocycles. The van der Waals surface area contributed by atoms with E-state index in [1.165, 1.54) is 0 Å². The zero-order valence-electron chi connectivity index (χ0n) is 14.2. The minimum Gasteiger partial charge on any atom is -0.370 e. The molecular weight excluding hydrogens is 266 g/mol. The van der Waals surface area contributed by atoms with Gasteiger partial charge < -0.3 is 14.6 Å². The smallest absolute Gasteiger partial charge is 0.228 e. The molecule has 1 rings (SSSR count). The van der Waals surface area contributed by atoms with Crippen molar-refractivity contribution >= 4 is 0 Å². The van der Waals surface area contributed by atoms with Crippen LogP contribution in [0.5, 0.6) is 0 Å². The van der Waals surface area contributed by atoms with Crippen molar-refractivity contribution in [1.29, 1.82) is 0 Å². The third-order valence-corrected chi connectivity index (χ3v) is 3.36. The van der Waals surface area contributed by atoms with Crippen molar-refractivity contribution in [3.05, 3.63) is 11.7 Å². The highest BCUT2D eigenvalue weighted by molar-refractivity contribution is 4.93. The lowest BCUT2D eigenvalue weighted by atomic mass is 10.0. The predicted molar refractivity (Wildman–Crippen MR) is 84.2 cm³/mol. The maximum absolute atomic E-state index is 5.70. The average Bonchev–Trinajstić information content (AvgIpc) is 2.86. The normalized spacial score (nSPS) is 14.6. The first-order chi connectivity index (χ1) is 10.1. The molecule has 1 aromatic heterocycles. The fraction of sp³-hybridized carbons (Fsp3) is 0.875. The molecule has 0 saturated heterocycles. The molecule has 0 aromatic carbocycles. The Bertz CT molecular complexity index is 373. The summed E-state index contributed by atoms with van der Waals surface area (Å²) in [6, 6.07) is 0.389. The third kappa shape index (κ3) is 6.57. The van der Waals surface area contributed by atoms with Gasteiger partial charge in [0.15, 0.2) is 0 Å². The van der Waals surface area contributed by atoms with Gasteiger partial charge in [-0.3, -0.25) is 0 Å². The van der Waals surface area contributed by atoms with Crippen LogP contribution in [0.4, 0.5) is 0 Å². The molecule has 0 fully saturated rings. The van der Waals surface area contributed by atoms with Gasteiger partial charge in [0.25, 0.3) is 0 Å². The van der Waals surface area contributed by atoms with Crippen LogP contribution in [0.3, 0.4) is 0 Å². The monoisotopic (exact) mass is 297 g/mol. The van der Waals surface area contributed by atoms with Gasteiger partial charge in [-0.15, -0.1) is 0 Å². The Morgan fingerprint density at radius 3 is 2.57 bits per heavy atom. The maximum Gasteiger partial charge on any atom is 0.228 e. The van der Waals surface area contributed by atoms with Crippen molar-refractivity contribution in [2.75, 3.05) is 13.2 Å². The van der Waals surface area contributed by atoms with E-state index in [4.69, 9.17) is 9.26 Å². The summed E-state index contributed by atoms with van der Waals surface area (Å²) < 4.78 is 11.1. The van der Waals surface area contributed by atoms with Crippen LogP contribution in [0, 0.1) is 5.92 Å². The Morgan fingerprint density at radius 1 is 1.24 bits per heavy atom. The molecule has 0 bridgehead atoms. The largest absolute Gasteiger partial charge is 0.370 e. The first-order valence-corrected chi connectivity index (χ1v) is 8.28. The molecule has 0 aliphatic heterocycles. The van der Waals surface area contributed by atoms with Crippen molar-refractivity contribution < 1.29 is 9.26 Å². The standard InChI is InChI=1S/C16H31N3O2/c1-6-9-14(20-8-3)16-18-15(21-19-16)11-13(17-7-2)10-12(4)5/h12-14,17H,6-11H2,1-5H3. The van der Waals surface area contributed by atoms with E-state index in [1.807, 2.05) is 6.92 Å². The van der Waals surface area contributed by atoms with Crippen LogP contribution in [0.15, 0.2) is 4.52 Å². The van der Waals surface area contributed by atoms with Crippen LogP contribution in [0.2, 0.25) is 0 Å². The first kappa shape index (κ1) is 18.1. The number of rotatable bonds is 11. The highest BCUT2D eigenvalue weighted by atomic mass is 16.5. The van der Waals surface area contributed by atoms with E-state index >= 15 is 0 Å². The van der Waals surface area contributed by atoms with E-state index < -0.39 is 0 Å². The lowest BCUT2D eigenvalue weighted by Gasteiger charge is -2.17. The van der Waals surface area contributed by atoms with Crippen molar-refractivity contribution in [3.63, 3.8) is 0 Å².